The van der Waals surface area contributed by atoms with Crippen molar-refractivity contribution in [3.63, 3.8) is 0 Å². The number of hydrogen-bond donors (Lipinski definition) is 1. The first kappa shape index (κ1) is 13.5. The Bertz CT molecular complexity index is 834. The Morgan fingerprint density at radius 1 is 1.05 bits per heavy atom. The molecule has 1 aromatic carbocycles. The van der Waals surface area contributed by atoms with Gasteiger partial charge in [-0.05, 0) is 24.4 Å². The molecule has 0 spiro atoms. The number of benzene rings is 1. The second kappa shape index (κ2) is 5.13. The summed E-state index contributed by atoms with van der Waals surface area (Å²) in [6.07, 6.45) is 3.09. The van der Waals surface area contributed by atoms with E-state index in [4.69, 9.17) is 12.2 Å². The van der Waals surface area contributed by atoms with Gasteiger partial charge in [0.1, 0.15) is 0 Å². The summed E-state index contributed by atoms with van der Waals surface area (Å²) in [5.74, 6) is -3.78. The lowest BCUT2D eigenvalue weighted by atomic mass is 10.2. The van der Waals surface area contributed by atoms with Crippen LogP contribution in [0.5, 0.6) is 0 Å². The quantitative estimate of drug-likeness (QED) is 0.583. The van der Waals surface area contributed by atoms with Crippen LogP contribution in [0.4, 0.5) is 13.2 Å². The molecule has 0 radical (unpaired) electrons. The number of aromatic nitrogens is 4. The smallest absolute Gasteiger partial charge is 0.200 e. The van der Waals surface area contributed by atoms with Crippen molar-refractivity contribution >= 4 is 12.2 Å². The van der Waals surface area contributed by atoms with Crippen molar-refractivity contribution in [3.8, 4) is 17.1 Å². The van der Waals surface area contributed by atoms with Crippen LogP contribution in [0.15, 0.2) is 36.7 Å². The van der Waals surface area contributed by atoms with Gasteiger partial charge in [0.05, 0.1) is 5.69 Å². The van der Waals surface area contributed by atoms with Crippen LogP contribution in [0, 0.1) is 22.2 Å². The van der Waals surface area contributed by atoms with Gasteiger partial charge in [-0.15, -0.1) is 0 Å². The first-order chi connectivity index (χ1) is 10.1. The molecule has 0 bridgehead atoms. The molecule has 0 amide bonds. The molecule has 0 saturated carbocycles. The summed E-state index contributed by atoms with van der Waals surface area (Å²) >= 11 is 5.06. The minimum absolute atomic E-state index is 0.0389. The normalized spacial score (nSPS) is 10.8. The molecular weight excluding hydrogens is 301 g/mol. The van der Waals surface area contributed by atoms with Gasteiger partial charge >= 0.3 is 0 Å². The number of nitrogens with one attached hydrogen (secondary N) is 1. The highest BCUT2D eigenvalue weighted by atomic mass is 32.1. The Morgan fingerprint density at radius 3 is 2.29 bits per heavy atom. The summed E-state index contributed by atoms with van der Waals surface area (Å²) in [7, 11) is 0. The van der Waals surface area contributed by atoms with E-state index in [1.54, 1.807) is 24.5 Å². The number of hydrogen-bond acceptors (Lipinski definition) is 3. The molecule has 0 aliphatic heterocycles. The van der Waals surface area contributed by atoms with Crippen LogP contribution < -0.4 is 0 Å². The number of pyridine rings is 1. The van der Waals surface area contributed by atoms with Crippen molar-refractivity contribution in [1.29, 1.82) is 0 Å². The van der Waals surface area contributed by atoms with Gasteiger partial charge in [-0.25, -0.2) is 13.2 Å². The third-order valence-corrected chi connectivity index (χ3v) is 3.11. The summed E-state index contributed by atoms with van der Waals surface area (Å²) in [5, 5.41) is 6.57. The topological polar surface area (TPSA) is 46.5 Å². The molecule has 1 N–H and O–H groups in total. The van der Waals surface area contributed by atoms with Gasteiger partial charge in [0.2, 0.25) is 0 Å². The molecule has 8 heteroatoms. The monoisotopic (exact) mass is 308 g/mol. The van der Waals surface area contributed by atoms with Crippen LogP contribution in [0.3, 0.4) is 0 Å². The number of H-pyrrole nitrogens is 1. The van der Waals surface area contributed by atoms with E-state index in [2.05, 4.69) is 15.2 Å². The van der Waals surface area contributed by atoms with E-state index >= 15 is 0 Å². The third-order valence-electron chi connectivity index (χ3n) is 2.84. The fourth-order valence-electron chi connectivity index (χ4n) is 1.90. The van der Waals surface area contributed by atoms with Crippen LogP contribution >= 0.6 is 12.2 Å². The fraction of sp³-hybridized carbons (Fsp3) is 0. The Labute approximate surface area is 121 Å². The highest BCUT2D eigenvalue weighted by Gasteiger charge is 2.16. The van der Waals surface area contributed by atoms with Crippen molar-refractivity contribution in [1.82, 2.24) is 19.7 Å². The zero-order valence-corrected chi connectivity index (χ0v) is 11.2. The predicted molar refractivity (Wildman–Crippen MR) is 71.9 cm³/mol. The zero-order valence-electron chi connectivity index (χ0n) is 10.3. The number of aromatic amines is 1. The first-order valence-electron chi connectivity index (χ1n) is 5.80. The molecule has 3 aromatic rings. The van der Waals surface area contributed by atoms with Crippen molar-refractivity contribution in [2.75, 3.05) is 0 Å². The highest BCUT2D eigenvalue weighted by Crippen LogP contribution is 2.23. The van der Waals surface area contributed by atoms with E-state index in [1.165, 1.54) is 4.57 Å². The Morgan fingerprint density at radius 2 is 1.67 bits per heavy atom. The van der Waals surface area contributed by atoms with Gasteiger partial charge in [-0.2, -0.15) is 5.10 Å². The van der Waals surface area contributed by atoms with E-state index in [0.717, 1.165) is 12.1 Å². The van der Waals surface area contributed by atoms with Crippen molar-refractivity contribution < 1.29 is 13.2 Å². The molecule has 21 heavy (non-hydrogen) atoms. The zero-order chi connectivity index (χ0) is 15.0. The van der Waals surface area contributed by atoms with E-state index in [1.807, 2.05) is 0 Å². The lowest BCUT2D eigenvalue weighted by Crippen LogP contribution is -2.01. The maximum Gasteiger partial charge on any atom is 0.200 e. The van der Waals surface area contributed by atoms with E-state index < -0.39 is 17.5 Å². The summed E-state index contributed by atoms with van der Waals surface area (Å²) < 4.78 is 41.3. The van der Waals surface area contributed by atoms with Crippen LogP contribution in [-0.2, 0) is 0 Å². The number of rotatable bonds is 2. The average Bonchev–Trinajstić information content (AvgIpc) is 2.87. The highest BCUT2D eigenvalue weighted by molar-refractivity contribution is 7.71. The molecule has 4 nitrogen and oxygen atoms in total. The van der Waals surface area contributed by atoms with E-state index in [0.29, 0.717) is 11.4 Å². The second-order valence-corrected chi connectivity index (χ2v) is 4.53. The van der Waals surface area contributed by atoms with Gasteiger partial charge in [-0.1, -0.05) is 0 Å². The maximum absolute atomic E-state index is 13.4. The molecule has 0 fully saturated rings. The molecule has 0 unspecified atom stereocenters. The van der Waals surface area contributed by atoms with Crippen LogP contribution in [0.2, 0.25) is 0 Å². The maximum atomic E-state index is 13.4. The molecule has 0 aliphatic rings. The lowest BCUT2D eigenvalue weighted by molar-refractivity contribution is 0.446. The summed E-state index contributed by atoms with van der Waals surface area (Å²) in [5.41, 5.74) is 0.680. The standard InChI is InChI=1S/C13H7F3N4S/c14-9-5-8(6-10(15)11(9)16)20-12(18-19-13(20)21)7-1-3-17-4-2-7/h1-6H,(H,19,21). The van der Waals surface area contributed by atoms with Gasteiger partial charge in [0, 0.05) is 30.1 Å². The van der Waals surface area contributed by atoms with Crippen LogP contribution in [0.25, 0.3) is 17.1 Å². The van der Waals surface area contributed by atoms with Crippen molar-refractivity contribution in [3.05, 3.63) is 58.9 Å². The molecule has 0 saturated heterocycles. The molecule has 0 atom stereocenters. The van der Waals surface area contributed by atoms with Gasteiger partial charge in [0.25, 0.3) is 0 Å². The summed E-state index contributed by atoms with van der Waals surface area (Å²) in [6.45, 7) is 0. The Balaban J connectivity index is 2.25. The number of halogens is 3. The molecular formula is C13H7F3N4S. The van der Waals surface area contributed by atoms with E-state index in [9.17, 15) is 13.2 Å². The lowest BCUT2D eigenvalue weighted by Gasteiger charge is -2.07. The molecule has 0 aliphatic carbocycles. The minimum Gasteiger partial charge on any atom is -0.268 e. The SMILES string of the molecule is Fc1cc(-n2c(-c3ccncc3)n[nH]c2=S)cc(F)c1F. The van der Waals surface area contributed by atoms with Gasteiger partial charge < -0.3 is 0 Å². The largest absolute Gasteiger partial charge is 0.268 e. The van der Waals surface area contributed by atoms with Crippen LogP contribution in [-0.4, -0.2) is 19.7 Å². The Hall–Kier alpha value is -2.48. The minimum atomic E-state index is -1.53. The van der Waals surface area contributed by atoms with Crippen molar-refractivity contribution in [2.24, 2.45) is 0 Å². The molecule has 3 rings (SSSR count). The van der Waals surface area contributed by atoms with Gasteiger partial charge in [0.15, 0.2) is 28.0 Å². The third kappa shape index (κ3) is 2.33. The molecule has 2 heterocycles. The predicted octanol–water partition coefficient (Wildman–Crippen LogP) is 3.41. The molecule has 2 aromatic heterocycles. The fourth-order valence-corrected chi connectivity index (χ4v) is 2.14. The van der Waals surface area contributed by atoms with E-state index in [-0.39, 0.29) is 10.5 Å². The second-order valence-electron chi connectivity index (χ2n) is 4.15. The molecule has 106 valence electrons. The first-order valence-corrected chi connectivity index (χ1v) is 6.21. The number of nitrogens with zero attached hydrogens (tertiary/aromatic N) is 3. The average molecular weight is 308 g/mol. The summed E-state index contributed by atoms with van der Waals surface area (Å²) in [6, 6.07) is 5.04. The van der Waals surface area contributed by atoms with Crippen molar-refractivity contribution in [2.45, 2.75) is 0 Å². The van der Waals surface area contributed by atoms with Crippen LogP contribution in [0.1, 0.15) is 0 Å². The Kier molecular flexibility index (Phi) is 3.30. The van der Waals surface area contributed by atoms with Gasteiger partial charge in [-0.3, -0.25) is 14.6 Å². The summed E-state index contributed by atoms with van der Waals surface area (Å²) in [4.78, 5) is 3.88.